The number of carbonyl (C=O) groups is 3. The maximum Gasteiger partial charge on any atom is 0.408 e. The summed E-state index contributed by atoms with van der Waals surface area (Å²) in [4.78, 5) is 40.8. The van der Waals surface area contributed by atoms with E-state index in [-0.39, 0.29) is 19.0 Å². The summed E-state index contributed by atoms with van der Waals surface area (Å²) in [5, 5.41) is 4.80. The van der Waals surface area contributed by atoms with Crippen molar-refractivity contribution in [2.24, 2.45) is 0 Å². The van der Waals surface area contributed by atoms with Crippen molar-refractivity contribution in [1.82, 2.24) is 20.5 Å². The van der Waals surface area contributed by atoms with Crippen LogP contribution in [-0.2, 0) is 20.7 Å². The van der Waals surface area contributed by atoms with Crippen molar-refractivity contribution in [2.45, 2.75) is 32.8 Å². The van der Waals surface area contributed by atoms with Gasteiger partial charge in [0.1, 0.15) is 12.1 Å². The van der Waals surface area contributed by atoms with Gasteiger partial charge in [0.05, 0.1) is 6.54 Å². The number of rotatable bonds is 7. The number of amides is 3. The highest BCUT2D eigenvalue weighted by Crippen LogP contribution is 2.06. The van der Waals surface area contributed by atoms with Crippen molar-refractivity contribution in [3.05, 3.63) is 30.1 Å². The van der Waals surface area contributed by atoms with E-state index in [0.29, 0.717) is 13.0 Å². The van der Waals surface area contributed by atoms with Crippen LogP contribution in [0.25, 0.3) is 0 Å². The van der Waals surface area contributed by atoms with Gasteiger partial charge in [0.25, 0.3) is 0 Å². The molecule has 138 valence electrons. The minimum absolute atomic E-state index is 0.131. The van der Waals surface area contributed by atoms with Crippen LogP contribution in [0.2, 0.25) is 0 Å². The predicted octanol–water partition coefficient (Wildman–Crippen LogP) is 0.723. The first-order valence-electron chi connectivity index (χ1n) is 8.05. The van der Waals surface area contributed by atoms with E-state index in [1.165, 1.54) is 4.90 Å². The molecule has 0 spiro atoms. The highest BCUT2D eigenvalue weighted by molar-refractivity contribution is 5.87. The second kappa shape index (κ2) is 9.61. The summed E-state index contributed by atoms with van der Waals surface area (Å²) >= 11 is 0. The molecule has 1 aromatic rings. The number of likely N-dealkylation sites (N-methyl/N-ethyl adjacent to an activating group) is 1. The Balaban J connectivity index is 2.23. The van der Waals surface area contributed by atoms with Gasteiger partial charge < -0.3 is 20.3 Å². The molecule has 3 amide bonds. The molecule has 0 aliphatic rings. The number of ether oxygens (including phenoxy) is 1. The maximum atomic E-state index is 12.0. The molecule has 0 atom stereocenters. The molecule has 0 aromatic carbocycles. The molecule has 1 rings (SSSR count). The molecule has 0 fully saturated rings. The minimum atomic E-state index is -0.679. The number of hydrogen-bond donors (Lipinski definition) is 2. The van der Waals surface area contributed by atoms with Gasteiger partial charge in [0.2, 0.25) is 11.8 Å². The van der Waals surface area contributed by atoms with Crippen LogP contribution in [0.3, 0.4) is 0 Å². The van der Waals surface area contributed by atoms with Gasteiger partial charge in [-0.2, -0.15) is 0 Å². The van der Waals surface area contributed by atoms with Crippen molar-refractivity contribution in [3.63, 3.8) is 0 Å². The normalized spacial score (nSPS) is 10.7. The SMILES string of the molecule is CN(CCc1ccccn1)C(=O)CNC(=O)CNC(=O)OC(C)(C)C. The molecular formula is C17H26N4O4. The fourth-order valence-corrected chi connectivity index (χ4v) is 1.79. The van der Waals surface area contributed by atoms with Crippen LogP contribution in [0, 0.1) is 0 Å². The highest BCUT2D eigenvalue weighted by atomic mass is 16.6. The first-order valence-corrected chi connectivity index (χ1v) is 8.05. The van der Waals surface area contributed by atoms with Gasteiger partial charge >= 0.3 is 6.09 Å². The quantitative estimate of drug-likeness (QED) is 0.755. The standard InChI is InChI=1S/C17H26N4O4/c1-17(2,3)25-16(24)20-11-14(22)19-12-15(23)21(4)10-8-13-7-5-6-9-18-13/h5-7,9H,8,10-12H2,1-4H3,(H,19,22)(H,20,24). The Kier molecular flexibility index (Phi) is 7.84. The lowest BCUT2D eigenvalue weighted by Crippen LogP contribution is -2.43. The Hall–Kier alpha value is -2.64. The van der Waals surface area contributed by atoms with Crippen LogP contribution >= 0.6 is 0 Å². The fraction of sp³-hybridized carbons (Fsp3) is 0.529. The van der Waals surface area contributed by atoms with Gasteiger partial charge in [-0.1, -0.05) is 6.07 Å². The van der Waals surface area contributed by atoms with Crippen LogP contribution in [-0.4, -0.2) is 60.1 Å². The van der Waals surface area contributed by atoms with Crippen LogP contribution in [0.1, 0.15) is 26.5 Å². The van der Waals surface area contributed by atoms with E-state index < -0.39 is 17.6 Å². The number of hydrogen-bond acceptors (Lipinski definition) is 5. The van der Waals surface area contributed by atoms with Crippen molar-refractivity contribution in [2.75, 3.05) is 26.7 Å². The number of aromatic nitrogens is 1. The van der Waals surface area contributed by atoms with E-state index in [4.69, 9.17) is 4.74 Å². The zero-order valence-electron chi connectivity index (χ0n) is 15.2. The number of pyridine rings is 1. The number of nitrogens with one attached hydrogen (secondary N) is 2. The molecule has 0 saturated heterocycles. The molecule has 0 unspecified atom stereocenters. The summed E-state index contributed by atoms with van der Waals surface area (Å²) in [6.45, 7) is 5.31. The number of carbonyl (C=O) groups excluding carboxylic acids is 3. The van der Waals surface area contributed by atoms with E-state index in [9.17, 15) is 14.4 Å². The second-order valence-electron chi connectivity index (χ2n) is 6.52. The third-order valence-corrected chi connectivity index (χ3v) is 3.08. The molecule has 0 saturated carbocycles. The predicted molar refractivity (Wildman–Crippen MR) is 92.8 cm³/mol. The summed E-state index contributed by atoms with van der Waals surface area (Å²) in [7, 11) is 1.66. The van der Waals surface area contributed by atoms with Crippen molar-refractivity contribution < 1.29 is 19.1 Å². The van der Waals surface area contributed by atoms with E-state index >= 15 is 0 Å². The fourth-order valence-electron chi connectivity index (χ4n) is 1.79. The average molecular weight is 350 g/mol. The molecule has 8 nitrogen and oxygen atoms in total. The largest absolute Gasteiger partial charge is 0.444 e. The molecule has 0 bridgehead atoms. The Morgan fingerprint density at radius 1 is 1.16 bits per heavy atom. The number of nitrogens with zero attached hydrogens (tertiary/aromatic N) is 2. The first kappa shape index (κ1) is 20.4. The van der Waals surface area contributed by atoms with Crippen molar-refractivity contribution in [3.8, 4) is 0 Å². The van der Waals surface area contributed by atoms with E-state index in [1.807, 2.05) is 18.2 Å². The highest BCUT2D eigenvalue weighted by Gasteiger charge is 2.17. The minimum Gasteiger partial charge on any atom is -0.444 e. The van der Waals surface area contributed by atoms with E-state index in [1.54, 1.807) is 34.0 Å². The van der Waals surface area contributed by atoms with Gasteiger partial charge in [-0.25, -0.2) is 4.79 Å². The molecule has 0 radical (unpaired) electrons. The van der Waals surface area contributed by atoms with Crippen LogP contribution < -0.4 is 10.6 Å². The average Bonchev–Trinajstić information content (AvgIpc) is 2.55. The Morgan fingerprint density at radius 2 is 1.88 bits per heavy atom. The monoisotopic (exact) mass is 350 g/mol. The van der Waals surface area contributed by atoms with Crippen LogP contribution in [0.4, 0.5) is 4.79 Å². The lowest BCUT2D eigenvalue weighted by molar-refractivity contribution is -0.131. The lowest BCUT2D eigenvalue weighted by Gasteiger charge is -2.20. The molecule has 1 aromatic heterocycles. The van der Waals surface area contributed by atoms with Gasteiger partial charge in [-0.15, -0.1) is 0 Å². The molecule has 0 aliphatic heterocycles. The Labute approximate surface area is 147 Å². The van der Waals surface area contributed by atoms with E-state index in [0.717, 1.165) is 5.69 Å². The molecule has 8 heteroatoms. The molecule has 0 aliphatic carbocycles. The zero-order chi connectivity index (χ0) is 18.9. The summed E-state index contributed by atoms with van der Waals surface area (Å²) < 4.78 is 5.01. The van der Waals surface area contributed by atoms with Crippen LogP contribution in [0.5, 0.6) is 0 Å². The second-order valence-corrected chi connectivity index (χ2v) is 6.52. The van der Waals surface area contributed by atoms with Crippen LogP contribution in [0.15, 0.2) is 24.4 Å². The summed E-state index contributed by atoms with van der Waals surface area (Å²) in [6.07, 6.45) is 1.66. The van der Waals surface area contributed by atoms with E-state index in [2.05, 4.69) is 15.6 Å². The molecular weight excluding hydrogens is 324 g/mol. The Bertz CT molecular complexity index is 584. The molecule has 25 heavy (non-hydrogen) atoms. The Morgan fingerprint density at radius 3 is 2.48 bits per heavy atom. The number of alkyl carbamates (subject to hydrolysis) is 1. The third kappa shape index (κ3) is 9.29. The third-order valence-electron chi connectivity index (χ3n) is 3.08. The van der Waals surface area contributed by atoms with Gasteiger partial charge in [-0.05, 0) is 32.9 Å². The maximum absolute atomic E-state index is 12.0. The summed E-state index contributed by atoms with van der Waals surface area (Å²) in [5.41, 5.74) is 0.264. The van der Waals surface area contributed by atoms with Gasteiger partial charge in [-0.3, -0.25) is 14.6 Å². The van der Waals surface area contributed by atoms with Gasteiger partial charge in [0, 0.05) is 31.9 Å². The smallest absolute Gasteiger partial charge is 0.408 e. The van der Waals surface area contributed by atoms with Crippen molar-refractivity contribution >= 4 is 17.9 Å². The van der Waals surface area contributed by atoms with Crippen molar-refractivity contribution in [1.29, 1.82) is 0 Å². The van der Waals surface area contributed by atoms with Gasteiger partial charge in [0.15, 0.2) is 0 Å². The first-order chi connectivity index (χ1) is 11.7. The topological polar surface area (TPSA) is 101 Å². The zero-order valence-corrected chi connectivity index (χ0v) is 15.2. The molecule has 1 heterocycles. The molecule has 2 N–H and O–H groups in total. The summed E-state index contributed by atoms with van der Waals surface area (Å²) in [6, 6.07) is 5.61. The lowest BCUT2D eigenvalue weighted by atomic mass is 10.2. The summed E-state index contributed by atoms with van der Waals surface area (Å²) in [5.74, 6) is -0.682.